The van der Waals surface area contributed by atoms with Gasteiger partial charge in [-0.1, -0.05) is 44.2 Å². The Morgan fingerprint density at radius 3 is 1.85 bits per heavy atom. The average molecular weight is 466 g/mol. The molecule has 0 spiro atoms. The van der Waals surface area contributed by atoms with Gasteiger partial charge in [-0.15, -0.1) is 0 Å². The smallest absolute Gasteiger partial charge is 0.328 e. The van der Waals surface area contributed by atoms with E-state index in [1.165, 1.54) is 0 Å². The van der Waals surface area contributed by atoms with E-state index in [0.717, 1.165) is 0 Å². The van der Waals surface area contributed by atoms with Crippen molar-refractivity contribution in [2.75, 3.05) is 6.61 Å². The molecule has 182 valence electrons. The lowest BCUT2D eigenvalue weighted by Crippen LogP contribution is -2.58. The van der Waals surface area contributed by atoms with E-state index in [2.05, 4.69) is 16.0 Å². The lowest BCUT2D eigenvalue weighted by Gasteiger charge is -2.25. The molecule has 12 heteroatoms. The molecule has 0 aliphatic rings. The predicted molar refractivity (Wildman–Crippen MR) is 116 cm³/mol. The summed E-state index contributed by atoms with van der Waals surface area (Å²) < 4.78 is 0. The Labute approximate surface area is 190 Å². The van der Waals surface area contributed by atoms with Gasteiger partial charge in [-0.25, -0.2) is 4.79 Å². The quantitative estimate of drug-likeness (QED) is 0.175. The second-order valence-corrected chi connectivity index (χ2v) is 7.76. The van der Waals surface area contributed by atoms with Gasteiger partial charge in [0.05, 0.1) is 19.1 Å². The molecule has 0 radical (unpaired) electrons. The standard InChI is InChI=1S/C21H30N4O8/c1-11(2)17(22)20(31)24-14(9-16(27)28)19(30)23-13(8-12-6-4-3-5-7-12)18(29)25-15(10-26)21(32)33/h3-7,11,13-15,17,26H,8-10,22H2,1-2H3,(H,23,30)(H,24,31)(H,25,29)(H,27,28)(H,32,33). The predicted octanol–water partition coefficient (Wildman–Crippen LogP) is -1.78. The molecule has 0 aliphatic carbocycles. The number of amides is 3. The van der Waals surface area contributed by atoms with Crippen molar-refractivity contribution in [1.29, 1.82) is 0 Å². The molecule has 0 heterocycles. The fourth-order valence-corrected chi connectivity index (χ4v) is 2.74. The van der Waals surface area contributed by atoms with Crippen molar-refractivity contribution in [2.45, 2.75) is 50.9 Å². The van der Waals surface area contributed by atoms with Gasteiger partial charge in [-0.05, 0) is 11.5 Å². The number of nitrogens with two attached hydrogens (primary N) is 1. The van der Waals surface area contributed by atoms with Crippen LogP contribution in [0.3, 0.4) is 0 Å². The van der Waals surface area contributed by atoms with Gasteiger partial charge in [0.2, 0.25) is 17.7 Å². The number of hydrogen-bond donors (Lipinski definition) is 7. The molecular formula is C21H30N4O8. The first-order valence-corrected chi connectivity index (χ1v) is 10.2. The van der Waals surface area contributed by atoms with Crippen LogP contribution in [-0.2, 0) is 30.4 Å². The monoisotopic (exact) mass is 466 g/mol. The first kappa shape index (κ1) is 27.5. The van der Waals surface area contributed by atoms with E-state index in [1.54, 1.807) is 44.2 Å². The van der Waals surface area contributed by atoms with E-state index in [1.807, 2.05) is 0 Å². The van der Waals surface area contributed by atoms with Crippen molar-refractivity contribution < 1.29 is 39.3 Å². The van der Waals surface area contributed by atoms with Crippen molar-refractivity contribution in [1.82, 2.24) is 16.0 Å². The number of hydrogen-bond acceptors (Lipinski definition) is 7. The van der Waals surface area contributed by atoms with Gasteiger partial charge in [0.25, 0.3) is 0 Å². The minimum Gasteiger partial charge on any atom is -0.481 e. The molecule has 0 saturated heterocycles. The Morgan fingerprint density at radius 1 is 0.848 bits per heavy atom. The number of rotatable bonds is 13. The SMILES string of the molecule is CC(C)C(N)C(=O)NC(CC(=O)O)C(=O)NC(Cc1ccccc1)C(=O)NC(CO)C(=O)O. The Bertz CT molecular complexity index is 846. The summed E-state index contributed by atoms with van der Waals surface area (Å²) in [6.07, 6.45) is -0.827. The zero-order valence-electron chi connectivity index (χ0n) is 18.4. The Hall–Kier alpha value is -3.51. The third-order valence-electron chi connectivity index (χ3n) is 4.75. The van der Waals surface area contributed by atoms with E-state index in [4.69, 9.17) is 15.9 Å². The van der Waals surface area contributed by atoms with E-state index >= 15 is 0 Å². The van der Waals surface area contributed by atoms with Gasteiger partial charge in [0, 0.05) is 6.42 Å². The molecule has 4 unspecified atom stereocenters. The van der Waals surface area contributed by atoms with Gasteiger partial charge in [-0.3, -0.25) is 19.2 Å². The molecule has 8 N–H and O–H groups in total. The Morgan fingerprint density at radius 2 is 1.36 bits per heavy atom. The van der Waals surface area contributed by atoms with Crippen molar-refractivity contribution in [2.24, 2.45) is 11.7 Å². The van der Waals surface area contributed by atoms with E-state index < -0.39 is 66.9 Å². The summed E-state index contributed by atoms with van der Waals surface area (Å²) in [4.78, 5) is 60.2. The second-order valence-electron chi connectivity index (χ2n) is 7.76. The molecule has 4 atom stereocenters. The molecule has 0 fully saturated rings. The fourth-order valence-electron chi connectivity index (χ4n) is 2.74. The highest BCUT2D eigenvalue weighted by Gasteiger charge is 2.31. The fraction of sp³-hybridized carbons (Fsp3) is 0.476. The van der Waals surface area contributed by atoms with Crippen LogP contribution in [0.4, 0.5) is 0 Å². The maximum Gasteiger partial charge on any atom is 0.328 e. The first-order valence-electron chi connectivity index (χ1n) is 10.2. The molecule has 0 aromatic heterocycles. The molecule has 12 nitrogen and oxygen atoms in total. The van der Waals surface area contributed by atoms with Crippen LogP contribution >= 0.6 is 0 Å². The Kier molecular flexibility index (Phi) is 11.0. The minimum atomic E-state index is -1.61. The van der Waals surface area contributed by atoms with Crippen LogP contribution in [0.5, 0.6) is 0 Å². The van der Waals surface area contributed by atoms with E-state index in [-0.39, 0.29) is 12.3 Å². The largest absolute Gasteiger partial charge is 0.481 e. The van der Waals surface area contributed by atoms with Crippen LogP contribution in [0.15, 0.2) is 30.3 Å². The molecule has 1 aromatic carbocycles. The summed E-state index contributed by atoms with van der Waals surface area (Å²) in [5.74, 6) is -5.73. The number of carbonyl (C=O) groups excluding carboxylic acids is 3. The zero-order chi connectivity index (χ0) is 25.1. The number of aliphatic hydroxyl groups excluding tert-OH is 1. The van der Waals surface area contributed by atoms with E-state index in [0.29, 0.717) is 5.56 Å². The molecule has 0 bridgehead atoms. The summed E-state index contributed by atoms with van der Waals surface area (Å²) in [6.45, 7) is 2.48. The summed E-state index contributed by atoms with van der Waals surface area (Å²) in [5.41, 5.74) is 6.37. The summed E-state index contributed by atoms with van der Waals surface area (Å²) in [7, 11) is 0. The minimum absolute atomic E-state index is 0.0601. The van der Waals surface area contributed by atoms with E-state index in [9.17, 15) is 29.1 Å². The number of nitrogens with one attached hydrogen (secondary N) is 3. The maximum absolute atomic E-state index is 12.8. The summed E-state index contributed by atoms with van der Waals surface area (Å²) in [5, 5.41) is 34.2. The first-order chi connectivity index (χ1) is 15.5. The van der Waals surface area contributed by atoms with Crippen LogP contribution in [0.25, 0.3) is 0 Å². The lowest BCUT2D eigenvalue weighted by atomic mass is 10.0. The number of carboxylic acid groups (broad SMARTS) is 2. The third kappa shape index (κ3) is 9.25. The van der Waals surface area contributed by atoms with Crippen molar-refractivity contribution in [3.8, 4) is 0 Å². The normalized spacial score (nSPS) is 14.5. The number of aliphatic hydroxyl groups is 1. The molecule has 1 aromatic rings. The highest BCUT2D eigenvalue weighted by molar-refractivity contribution is 5.95. The van der Waals surface area contributed by atoms with Crippen molar-refractivity contribution in [3.05, 3.63) is 35.9 Å². The van der Waals surface area contributed by atoms with Gasteiger partial charge in [0.15, 0.2) is 0 Å². The number of benzene rings is 1. The molecule has 3 amide bonds. The molecule has 33 heavy (non-hydrogen) atoms. The third-order valence-corrected chi connectivity index (χ3v) is 4.75. The maximum atomic E-state index is 12.8. The van der Waals surface area contributed by atoms with Crippen molar-refractivity contribution >= 4 is 29.7 Å². The molecule has 0 aliphatic heterocycles. The van der Waals surface area contributed by atoms with Gasteiger partial charge < -0.3 is 37.0 Å². The molecular weight excluding hydrogens is 436 g/mol. The van der Waals surface area contributed by atoms with Crippen LogP contribution in [0.2, 0.25) is 0 Å². The van der Waals surface area contributed by atoms with Crippen molar-refractivity contribution in [3.63, 3.8) is 0 Å². The molecule has 0 saturated carbocycles. The number of carboxylic acids is 2. The lowest BCUT2D eigenvalue weighted by molar-refractivity contribution is -0.144. The van der Waals surface area contributed by atoms with Gasteiger partial charge in [-0.2, -0.15) is 0 Å². The van der Waals surface area contributed by atoms with Gasteiger partial charge in [0.1, 0.15) is 18.1 Å². The topological polar surface area (TPSA) is 208 Å². The second kappa shape index (κ2) is 13.1. The molecule has 1 rings (SSSR count). The summed E-state index contributed by atoms with van der Waals surface area (Å²) >= 11 is 0. The van der Waals surface area contributed by atoms with Gasteiger partial charge >= 0.3 is 11.9 Å². The number of carbonyl (C=O) groups is 5. The number of aliphatic carboxylic acids is 2. The zero-order valence-corrected chi connectivity index (χ0v) is 18.4. The van der Waals surface area contributed by atoms with Crippen LogP contribution < -0.4 is 21.7 Å². The summed E-state index contributed by atoms with van der Waals surface area (Å²) in [6, 6.07) is 3.03. The average Bonchev–Trinajstić information content (AvgIpc) is 2.75. The van der Waals surface area contributed by atoms with Crippen LogP contribution in [-0.4, -0.2) is 75.8 Å². The van der Waals surface area contributed by atoms with Crippen LogP contribution in [0, 0.1) is 5.92 Å². The Balaban J connectivity index is 3.10. The van der Waals surface area contributed by atoms with Crippen LogP contribution in [0.1, 0.15) is 25.8 Å². The highest BCUT2D eigenvalue weighted by Crippen LogP contribution is 2.06. The highest BCUT2D eigenvalue weighted by atomic mass is 16.4.